The van der Waals surface area contributed by atoms with Crippen molar-refractivity contribution in [1.82, 2.24) is 29.7 Å². The third-order valence-electron chi connectivity index (χ3n) is 9.09. The normalized spacial score (nSPS) is 25.6. The number of H-pyrrole nitrogens is 1. The molecule has 0 aromatic carbocycles. The second kappa shape index (κ2) is 11.1. The van der Waals surface area contributed by atoms with Gasteiger partial charge in [0.05, 0.1) is 12.3 Å². The van der Waals surface area contributed by atoms with Gasteiger partial charge in [0.15, 0.2) is 11.5 Å². The first-order valence-electron chi connectivity index (χ1n) is 14.5. The van der Waals surface area contributed by atoms with Crippen LogP contribution in [0.25, 0.3) is 22.8 Å². The molecule has 2 N–H and O–H groups in total. The van der Waals surface area contributed by atoms with Gasteiger partial charge in [-0.1, -0.05) is 42.5 Å². The van der Waals surface area contributed by atoms with Crippen LogP contribution in [0.4, 0.5) is 11.8 Å². The van der Waals surface area contributed by atoms with Crippen molar-refractivity contribution in [3.05, 3.63) is 10.6 Å². The predicted molar refractivity (Wildman–Crippen MR) is 152 cm³/mol. The van der Waals surface area contributed by atoms with Crippen LogP contribution in [0.5, 0.6) is 0 Å². The van der Waals surface area contributed by atoms with Crippen LogP contribution < -0.4 is 16.0 Å². The fraction of sp³-hybridized carbons (Fsp3) is 0.741. The van der Waals surface area contributed by atoms with Gasteiger partial charge in [-0.3, -0.25) is 9.51 Å². The van der Waals surface area contributed by atoms with Crippen molar-refractivity contribution in [2.75, 3.05) is 28.8 Å². The molecule has 3 atom stereocenters. The van der Waals surface area contributed by atoms with Crippen LogP contribution in [0.15, 0.2) is 9.32 Å². The van der Waals surface area contributed by atoms with Gasteiger partial charge in [0, 0.05) is 19.1 Å². The molecular weight excluding hydrogens is 516 g/mol. The molecule has 0 amide bonds. The fourth-order valence-corrected chi connectivity index (χ4v) is 7.42. The number of aromatic amines is 1. The summed E-state index contributed by atoms with van der Waals surface area (Å²) in [5, 5.41) is 7.56. The van der Waals surface area contributed by atoms with Crippen molar-refractivity contribution in [2.45, 2.75) is 90.3 Å². The Balaban J connectivity index is 1.47. The molecule has 2 saturated carbocycles. The predicted octanol–water partition coefficient (Wildman–Crippen LogP) is 3.94. The van der Waals surface area contributed by atoms with Gasteiger partial charge in [0.1, 0.15) is 11.3 Å². The lowest BCUT2D eigenvalue weighted by Crippen LogP contribution is -2.37. The SMILES string of the molecule is C[C@@H](Nc1nc(-c2noc(=O)[nH]2)nc2nc(N3CCCC3C[S+](C)[O-])n(C[C@H]3CC[C@H](C)CC3)c12)C1CCC1. The maximum absolute atomic E-state index is 12.2. The van der Waals surface area contributed by atoms with E-state index in [0.29, 0.717) is 23.2 Å². The van der Waals surface area contributed by atoms with Crippen LogP contribution in [-0.4, -0.2) is 64.8 Å². The summed E-state index contributed by atoms with van der Waals surface area (Å²) in [6.45, 7) is 6.30. The van der Waals surface area contributed by atoms with Gasteiger partial charge in [0.25, 0.3) is 0 Å². The van der Waals surface area contributed by atoms with Gasteiger partial charge < -0.3 is 19.3 Å². The Labute approximate surface area is 231 Å². The number of anilines is 2. The van der Waals surface area contributed by atoms with Crippen molar-refractivity contribution in [2.24, 2.45) is 17.8 Å². The lowest BCUT2D eigenvalue weighted by Gasteiger charge is -2.33. The van der Waals surface area contributed by atoms with Crippen LogP contribution in [0.2, 0.25) is 0 Å². The molecule has 4 heterocycles. The largest absolute Gasteiger partial charge is 0.616 e. The van der Waals surface area contributed by atoms with Gasteiger partial charge >= 0.3 is 5.76 Å². The summed E-state index contributed by atoms with van der Waals surface area (Å²) in [6, 6.07) is 0.424. The zero-order chi connectivity index (χ0) is 27.1. The molecule has 6 rings (SSSR count). The van der Waals surface area contributed by atoms with Gasteiger partial charge in [-0.25, -0.2) is 14.8 Å². The molecule has 0 radical (unpaired) electrons. The van der Waals surface area contributed by atoms with Crippen LogP contribution in [-0.2, 0) is 17.7 Å². The smallest absolute Gasteiger partial charge is 0.439 e. The first-order valence-corrected chi connectivity index (χ1v) is 16.3. The summed E-state index contributed by atoms with van der Waals surface area (Å²) in [6.07, 6.45) is 12.4. The number of hydrogen-bond acceptors (Lipinski definition) is 9. The fourth-order valence-electron chi connectivity index (χ4n) is 6.54. The minimum Gasteiger partial charge on any atom is -0.616 e. The maximum Gasteiger partial charge on any atom is 0.439 e. The molecule has 12 heteroatoms. The Hall–Kier alpha value is -2.60. The molecule has 2 aliphatic carbocycles. The monoisotopic (exact) mass is 556 g/mol. The van der Waals surface area contributed by atoms with Gasteiger partial charge in [-0.05, 0) is 63.2 Å². The Bertz CT molecular complexity index is 1340. The summed E-state index contributed by atoms with van der Waals surface area (Å²) >= 11 is -0.894. The highest BCUT2D eigenvalue weighted by atomic mass is 32.2. The summed E-state index contributed by atoms with van der Waals surface area (Å²) in [5.74, 6) is 4.00. The van der Waals surface area contributed by atoms with Crippen LogP contribution >= 0.6 is 0 Å². The molecule has 1 aliphatic heterocycles. The first-order chi connectivity index (χ1) is 18.9. The van der Waals surface area contributed by atoms with Crippen LogP contribution in [0.3, 0.4) is 0 Å². The van der Waals surface area contributed by atoms with Crippen molar-refractivity contribution >= 4 is 34.1 Å². The Morgan fingerprint density at radius 1 is 1.13 bits per heavy atom. The number of fused-ring (bicyclic) bond motifs is 1. The summed E-state index contributed by atoms with van der Waals surface area (Å²) < 4.78 is 19.3. The topological polar surface area (TPSA) is 141 Å². The van der Waals surface area contributed by atoms with Gasteiger partial charge in [-0.15, -0.1) is 0 Å². The highest BCUT2D eigenvalue weighted by molar-refractivity contribution is 7.90. The molecule has 2 unspecified atom stereocenters. The highest BCUT2D eigenvalue weighted by Gasteiger charge is 2.34. The first kappa shape index (κ1) is 26.6. The molecule has 212 valence electrons. The second-order valence-electron chi connectivity index (χ2n) is 12.0. The minimum absolute atomic E-state index is 0.183. The van der Waals surface area contributed by atoms with E-state index in [4.69, 9.17) is 19.5 Å². The quantitative estimate of drug-likeness (QED) is 0.375. The maximum atomic E-state index is 12.2. The van der Waals surface area contributed by atoms with E-state index in [-0.39, 0.29) is 23.7 Å². The standard InChI is InChI=1S/C27H40N8O3S/c1-16-9-11-18(12-10-16)14-35-21-22(28-17(2)19-6-4-7-19)29-24(25-32-27(36)38-33-25)30-23(21)31-26(35)34-13-5-8-20(34)15-39(3)37/h16-20H,4-15H2,1-3H3,(H,28,29,30)(H,32,33,36)/t16-,17-,18-,20?,39?/m1/s1. The Kier molecular flexibility index (Phi) is 7.58. The van der Waals surface area contributed by atoms with Crippen molar-refractivity contribution < 1.29 is 9.08 Å². The zero-order valence-corrected chi connectivity index (χ0v) is 24.0. The molecule has 1 saturated heterocycles. The summed E-state index contributed by atoms with van der Waals surface area (Å²) in [5.41, 5.74) is 1.47. The molecule has 11 nitrogen and oxygen atoms in total. The van der Waals surface area contributed by atoms with E-state index in [1.807, 2.05) is 0 Å². The van der Waals surface area contributed by atoms with Crippen molar-refractivity contribution in [3.8, 4) is 11.6 Å². The van der Waals surface area contributed by atoms with E-state index in [0.717, 1.165) is 49.1 Å². The Morgan fingerprint density at radius 3 is 2.59 bits per heavy atom. The van der Waals surface area contributed by atoms with Crippen LogP contribution in [0.1, 0.15) is 71.6 Å². The average molecular weight is 557 g/mol. The molecule has 0 bridgehead atoms. The molecule has 0 spiro atoms. The Morgan fingerprint density at radius 2 is 1.92 bits per heavy atom. The third kappa shape index (κ3) is 5.54. The average Bonchev–Trinajstić information content (AvgIpc) is 3.58. The summed E-state index contributed by atoms with van der Waals surface area (Å²) in [7, 11) is 0. The number of imidazole rings is 1. The number of nitrogens with one attached hydrogen (secondary N) is 2. The van der Waals surface area contributed by atoms with E-state index in [9.17, 15) is 9.35 Å². The van der Waals surface area contributed by atoms with E-state index in [1.54, 1.807) is 6.26 Å². The molecule has 39 heavy (non-hydrogen) atoms. The molecular formula is C27H40N8O3S. The second-order valence-corrected chi connectivity index (χ2v) is 13.5. The highest BCUT2D eigenvalue weighted by Crippen LogP contribution is 2.37. The van der Waals surface area contributed by atoms with E-state index in [1.165, 1.54) is 44.9 Å². The van der Waals surface area contributed by atoms with E-state index in [2.05, 4.69) is 38.8 Å². The summed E-state index contributed by atoms with van der Waals surface area (Å²) in [4.78, 5) is 31.5. The molecule has 3 aromatic rings. The molecule has 3 aromatic heterocycles. The number of aromatic nitrogens is 6. The molecule has 3 aliphatic rings. The van der Waals surface area contributed by atoms with Crippen LogP contribution in [0, 0.1) is 17.8 Å². The van der Waals surface area contributed by atoms with E-state index < -0.39 is 16.9 Å². The number of nitrogens with zero attached hydrogens (tertiary/aromatic N) is 6. The van der Waals surface area contributed by atoms with Gasteiger partial charge in [-0.2, -0.15) is 4.98 Å². The van der Waals surface area contributed by atoms with Crippen molar-refractivity contribution in [1.29, 1.82) is 0 Å². The lowest BCUT2D eigenvalue weighted by atomic mass is 9.80. The molecule has 3 fully saturated rings. The zero-order valence-electron chi connectivity index (χ0n) is 23.2. The third-order valence-corrected chi connectivity index (χ3v) is 9.95. The van der Waals surface area contributed by atoms with E-state index >= 15 is 0 Å². The number of rotatable bonds is 9. The van der Waals surface area contributed by atoms with Gasteiger partial charge in [0.2, 0.25) is 17.6 Å². The minimum atomic E-state index is -0.894. The lowest BCUT2D eigenvalue weighted by molar-refractivity contribution is 0.266. The number of hydrogen-bond donors (Lipinski definition) is 2. The van der Waals surface area contributed by atoms with Crippen molar-refractivity contribution in [3.63, 3.8) is 0 Å².